The lowest BCUT2D eigenvalue weighted by molar-refractivity contribution is -0.127. The van der Waals surface area contributed by atoms with Gasteiger partial charge in [-0.05, 0) is 30.3 Å². The summed E-state index contributed by atoms with van der Waals surface area (Å²) < 4.78 is 6.27. The number of aromatic nitrogens is 2. The van der Waals surface area contributed by atoms with Crippen LogP contribution < -0.4 is 26.5 Å². The van der Waals surface area contributed by atoms with E-state index in [0.717, 1.165) is 5.69 Å². The fourth-order valence-electron chi connectivity index (χ4n) is 2.78. The Bertz CT molecular complexity index is 1090. The maximum absolute atomic E-state index is 12.2. The molecular formula is C20H21N5O4. The van der Waals surface area contributed by atoms with Gasteiger partial charge in [0.25, 0.3) is 11.5 Å². The summed E-state index contributed by atoms with van der Waals surface area (Å²) in [6.07, 6.45) is -0.0825. The molecule has 0 saturated carbocycles. The normalized spacial score (nSPS) is 10.4. The third-order valence-corrected chi connectivity index (χ3v) is 4.25. The van der Waals surface area contributed by atoms with Gasteiger partial charge in [0, 0.05) is 18.1 Å². The van der Waals surface area contributed by atoms with Crippen molar-refractivity contribution in [2.75, 3.05) is 19.0 Å². The van der Waals surface area contributed by atoms with Gasteiger partial charge in [-0.3, -0.25) is 25.2 Å². The van der Waals surface area contributed by atoms with Gasteiger partial charge in [0.05, 0.1) is 31.2 Å². The molecule has 150 valence electrons. The summed E-state index contributed by atoms with van der Waals surface area (Å²) in [5.74, 6) is -0.140. The molecular weight excluding hydrogens is 374 g/mol. The number of rotatable bonds is 6. The zero-order chi connectivity index (χ0) is 20.8. The third kappa shape index (κ3) is 4.89. The van der Waals surface area contributed by atoms with Crippen LogP contribution in [0.15, 0.2) is 53.3 Å². The Labute approximate surface area is 166 Å². The van der Waals surface area contributed by atoms with Crippen LogP contribution in [0.25, 0.3) is 10.8 Å². The number of hydrogen-bond acceptors (Lipinski definition) is 6. The fourth-order valence-corrected chi connectivity index (χ4v) is 2.78. The SMILES string of the molecule is COc1ccc(NCC(=O)NNC(=O)Cc2nn(C)c(=O)c3ccccc23)cc1. The number of carbonyl (C=O) groups excluding carboxylic acids is 2. The number of fused-ring (bicyclic) bond motifs is 1. The number of nitrogens with zero attached hydrogens (tertiary/aromatic N) is 2. The zero-order valence-corrected chi connectivity index (χ0v) is 16.1. The Morgan fingerprint density at radius 1 is 1.00 bits per heavy atom. The van der Waals surface area contributed by atoms with Gasteiger partial charge < -0.3 is 10.1 Å². The topological polar surface area (TPSA) is 114 Å². The Kier molecular flexibility index (Phi) is 6.08. The third-order valence-electron chi connectivity index (χ3n) is 4.25. The highest BCUT2D eigenvalue weighted by Gasteiger charge is 2.13. The van der Waals surface area contributed by atoms with Crippen LogP contribution in [0, 0.1) is 0 Å². The molecule has 0 aliphatic heterocycles. The first-order valence-corrected chi connectivity index (χ1v) is 8.88. The molecule has 0 bridgehead atoms. The Morgan fingerprint density at radius 3 is 2.34 bits per heavy atom. The second-order valence-electron chi connectivity index (χ2n) is 6.28. The van der Waals surface area contributed by atoms with Crippen molar-refractivity contribution in [3.63, 3.8) is 0 Å². The van der Waals surface area contributed by atoms with Gasteiger partial charge in [-0.25, -0.2) is 4.68 Å². The van der Waals surface area contributed by atoms with E-state index in [1.54, 1.807) is 55.6 Å². The number of benzene rings is 2. The van der Waals surface area contributed by atoms with E-state index < -0.39 is 11.8 Å². The van der Waals surface area contributed by atoms with Crippen LogP contribution >= 0.6 is 0 Å². The number of ether oxygens (including phenoxy) is 1. The van der Waals surface area contributed by atoms with Gasteiger partial charge in [0.1, 0.15) is 5.75 Å². The van der Waals surface area contributed by atoms with Crippen LogP contribution in [-0.4, -0.2) is 35.2 Å². The van der Waals surface area contributed by atoms with E-state index in [4.69, 9.17) is 4.74 Å². The number of anilines is 1. The number of methoxy groups -OCH3 is 1. The highest BCUT2D eigenvalue weighted by atomic mass is 16.5. The van der Waals surface area contributed by atoms with E-state index >= 15 is 0 Å². The van der Waals surface area contributed by atoms with Crippen molar-refractivity contribution < 1.29 is 14.3 Å². The average molecular weight is 395 g/mol. The minimum Gasteiger partial charge on any atom is -0.497 e. The summed E-state index contributed by atoms with van der Waals surface area (Å²) >= 11 is 0. The van der Waals surface area contributed by atoms with E-state index in [-0.39, 0.29) is 18.5 Å². The first-order chi connectivity index (χ1) is 14.0. The Morgan fingerprint density at radius 2 is 1.66 bits per heavy atom. The van der Waals surface area contributed by atoms with Gasteiger partial charge in [0.15, 0.2) is 0 Å². The number of hydrogen-bond donors (Lipinski definition) is 3. The lowest BCUT2D eigenvalue weighted by Crippen LogP contribution is -2.45. The number of hydrazine groups is 1. The van der Waals surface area contributed by atoms with Crippen LogP contribution in [0.3, 0.4) is 0 Å². The van der Waals surface area contributed by atoms with Crippen LogP contribution in [0.2, 0.25) is 0 Å². The molecule has 0 aliphatic carbocycles. The van der Waals surface area contributed by atoms with Crippen molar-refractivity contribution >= 4 is 28.3 Å². The smallest absolute Gasteiger partial charge is 0.274 e. The molecule has 3 rings (SSSR count). The van der Waals surface area contributed by atoms with E-state index in [0.29, 0.717) is 22.2 Å². The molecule has 1 heterocycles. The van der Waals surface area contributed by atoms with E-state index in [1.165, 1.54) is 11.7 Å². The van der Waals surface area contributed by atoms with Crippen LogP contribution in [0.5, 0.6) is 5.75 Å². The van der Waals surface area contributed by atoms with Crippen molar-refractivity contribution in [3.05, 3.63) is 64.6 Å². The van der Waals surface area contributed by atoms with E-state index in [1.807, 2.05) is 0 Å². The number of nitrogens with one attached hydrogen (secondary N) is 3. The van der Waals surface area contributed by atoms with Crippen molar-refractivity contribution in [3.8, 4) is 5.75 Å². The quantitative estimate of drug-likeness (QED) is 0.531. The molecule has 1 aromatic heterocycles. The molecule has 0 radical (unpaired) electrons. The first-order valence-electron chi connectivity index (χ1n) is 8.88. The second-order valence-corrected chi connectivity index (χ2v) is 6.28. The van der Waals surface area contributed by atoms with Gasteiger partial charge in [-0.2, -0.15) is 5.10 Å². The monoisotopic (exact) mass is 395 g/mol. The largest absolute Gasteiger partial charge is 0.497 e. The second kappa shape index (κ2) is 8.87. The summed E-state index contributed by atoms with van der Waals surface area (Å²) in [6, 6.07) is 14.1. The molecule has 3 N–H and O–H groups in total. The molecule has 0 fully saturated rings. The summed E-state index contributed by atoms with van der Waals surface area (Å²) in [6.45, 7) is -0.0202. The molecule has 0 aliphatic rings. The van der Waals surface area contributed by atoms with Gasteiger partial charge in [0.2, 0.25) is 5.91 Å². The highest BCUT2D eigenvalue weighted by molar-refractivity contribution is 5.89. The zero-order valence-electron chi connectivity index (χ0n) is 16.1. The molecule has 9 heteroatoms. The van der Waals surface area contributed by atoms with Gasteiger partial charge in [-0.15, -0.1) is 0 Å². The molecule has 9 nitrogen and oxygen atoms in total. The standard InChI is InChI=1S/C20H21N5O4/c1-25-20(28)16-6-4-3-5-15(16)17(24-25)11-18(26)22-23-19(27)12-21-13-7-9-14(29-2)10-8-13/h3-10,21H,11-12H2,1-2H3,(H,22,26)(H,23,27). The molecule has 0 unspecified atom stereocenters. The first kappa shape index (κ1) is 19.9. The molecule has 2 amide bonds. The number of amides is 2. The molecule has 2 aromatic carbocycles. The maximum atomic E-state index is 12.2. The lowest BCUT2D eigenvalue weighted by Gasteiger charge is -2.11. The average Bonchev–Trinajstić information content (AvgIpc) is 2.74. The molecule has 0 atom stereocenters. The molecule has 29 heavy (non-hydrogen) atoms. The van der Waals surface area contributed by atoms with E-state index in [2.05, 4.69) is 21.3 Å². The molecule has 3 aromatic rings. The Balaban J connectivity index is 1.54. The van der Waals surface area contributed by atoms with Crippen molar-refractivity contribution in [2.45, 2.75) is 6.42 Å². The fraction of sp³-hybridized carbons (Fsp3) is 0.200. The van der Waals surface area contributed by atoms with Gasteiger partial charge in [-0.1, -0.05) is 18.2 Å². The minimum atomic E-state index is -0.445. The number of aryl methyl sites for hydroxylation is 1. The van der Waals surface area contributed by atoms with Gasteiger partial charge >= 0.3 is 0 Å². The van der Waals surface area contributed by atoms with Crippen LogP contribution in [0.4, 0.5) is 5.69 Å². The Hall–Kier alpha value is -3.88. The maximum Gasteiger partial charge on any atom is 0.274 e. The minimum absolute atomic E-state index is 0.0202. The summed E-state index contributed by atoms with van der Waals surface area (Å²) in [4.78, 5) is 36.3. The number of carbonyl (C=O) groups is 2. The summed E-state index contributed by atoms with van der Waals surface area (Å²) in [5.41, 5.74) is 5.67. The summed E-state index contributed by atoms with van der Waals surface area (Å²) in [7, 11) is 3.11. The predicted molar refractivity (Wildman–Crippen MR) is 108 cm³/mol. The van der Waals surface area contributed by atoms with Crippen LogP contribution in [0.1, 0.15) is 5.69 Å². The van der Waals surface area contributed by atoms with Crippen molar-refractivity contribution in [1.29, 1.82) is 0 Å². The summed E-state index contributed by atoms with van der Waals surface area (Å²) in [5, 5.41) is 8.20. The van der Waals surface area contributed by atoms with Crippen molar-refractivity contribution in [1.82, 2.24) is 20.6 Å². The van der Waals surface area contributed by atoms with E-state index in [9.17, 15) is 14.4 Å². The predicted octanol–water partition coefficient (Wildman–Crippen LogP) is 0.744. The molecule has 0 spiro atoms. The molecule has 0 saturated heterocycles. The van der Waals surface area contributed by atoms with Crippen LogP contribution in [-0.2, 0) is 23.1 Å². The van der Waals surface area contributed by atoms with Crippen molar-refractivity contribution in [2.24, 2.45) is 7.05 Å². The highest BCUT2D eigenvalue weighted by Crippen LogP contribution is 2.15. The lowest BCUT2D eigenvalue weighted by atomic mass is 10.1.